The Morgan fingerprint density at radius 1 is 0.808 bits per heavy atom. The second-order valence-corrected chi connectivity index (χ2v) is 8.70. The number of hydrogen-bond acceptors (Lipinski definition) is 5. The molecule has 0 aliphatic rings. The highest BCUT2D eigenvalue weighted by atomic mass is 32.2. The van der Waals surface area contributed by atoms with Crippen molar-refractivity contribution in [2.45, 2.75) is 103 Å². The molecule has 6 heteroatoms. The van der Waals surface area contributed by atoms with Crippen molar-refractivity contribution in [3.8, 4) is 0 Å². The van der Waals surface area contributed by atoms with E-state index in [-0.39, 0.29) is 18.0 Å². The molecule has 0 aromatic heterocycles. The molecule has 0 fully saturated rings. The molecule has 0 radical (unpaired) electrons. The van der Waals surface area contributed by atoms with Gasteiger partial charge >= 0.3 is 0 Å². The molecule has 5 nitrogen and oxygen atoms in total. The smallest absolute Gasteiger partial charge is 0.283 e. The fourth-order valence-corrected chi connectivity index (χ4v) is 3.38. The molecule has 26 heavy (non-hydrogen) atoms. The second kappa shape index (κ2) is 17.7. The van der Waals surface area contributed by atoms with Gasteiger partial charge < -0.3 is 0 Å². The zero-order valence-corrected chi connectivity index (χ0v) is 17.4. The average Bonchev–Trinajstić information content (AvgIpc) is 2.63. The Balaban J connectivity index is 3.33. The molecule has 0 heterocycles. The van der Waals surface area contributed by atoms with Gasteiger partial charge in [0.25, 0.3) is 10.1 Å². The van der Waals surface area contributed by atoms with Crippen LogP contribution in [-0.4, -0.2) is 20.0 Å². The van der Waals surface area contributed by atoms with Gasteiger partial charge in [0.05, 0.1) is 5.75 Å². The number of carbonyl (C=O) groups is 1. The molecule has 0 aromatic rings. The van der Waals surface area contributed by atoms with Gasteiger partial charge in [0.1, 0.15) is 5.78 Å². The van der Waals surface area contributed by atoms with Crippen LogP contribution in [0.1, 0.15) is 103 Å². The molecule has 0 bridgehead atoms. The van der Waals surface area contributed by atoms with E-state index in [9.17, 15) is 13.2 Å². The summed E-state index contributed by atoms with van der Waals surface area (Å²) in [7, 11) is -3.72. The van der Waals surface area contributed by atoms with E-state index in [1.165, 1.54) is 57.8 Å². The van der Waals surface area contributed by atoms with Crippen LogP contribution in [0.3, 0.4) is 0 Å². The fraction of sp³-hybridized carbons (Fsp3) is 0.850. The van der Waals surface area contributed by atoms with Gasteiger partial charge in [-0.25, -0.2) is 0 Å². The van der Waals surface area contributed by atoms with Crippen molar-refractivity contribution in [3.05, 3.63) is 12.2 Å². The minimum atomic E-state index is -3.72. The summed E-state index contributed by atoms with van der Waals surface area (Å²) in [5.41, 5.74) is 0. The van der Waals surface area contributed by atoms with Crippen molar-refractivity contribution in [1.29, 1.82) is 0 Å². The first-order chi connectivity index (χ1) is 12.5. The summed E-state index contributed by atoms with van der Waals surface area (Å²) in [5, 5.41) is 0. The van der Waals surface area contributed by atoms with Crippen LogP contribution in [0.5, 0.6) is 0 Å². The molecule has 0 aromatic carbocycles. The van der Waals surface area contributed by atoms with E-state index >= 15 is 0 Å². The molecule has 0 amide bonds. The predicted octanol–water partition coefficient (Wildman–Crippen LogP) is 5.20. The first-order valence-corrected chi connectivity index (χ1v) is 11.9. The van der Waals surface area contributed by atoms with E-state index in [1.807, 2.05) is 0 Å². The van der Waals surface area contributed by atoms with Gasteiger partial charge in [-0.3, -0.25) is 4.79 Å². The second-order valence-electron chi connectivity index (χ2n) is 6.98. The summed E-state index contributed by atoms with van der Waals surface area (Å²) < 4.78 is 25.9. The minimum absolute atomic E-state index is 0.0110. The van der Waals surface area contributed by atoms with Gasteiger partial charge in [0.2, 0.25) is 0 Å². The Kier molecular flexibility index (Phi) is 17.2. The van der Waals surface area contributed by atoms with Crippen LogP contribution >= 0.6 is 0 Å². The maximum Gasteiger partial charge on any atom is 0.283 e. The molecular weight excluding hydrogens is 350 g/mol. The lowest BCUT2D eigenvalue weighted by atomic mass is 10.1. The molecule has 0 aliphatic carbocycles. The number of rotatable bonds is 19. The number of unbranched alkanes of at least 4 members (excludes halogenated alkanes) is 11. The molecule has 0 aliphatic heterocycles. The SMILES string of the molecule is CCCCCCCC/C=C\CCCCCCCC(=O)CCS(=O)(=O)ON. The van der Waals surface area contributed by atoms with Crippen molar-refractivity contribution in [1.82, 2.24) is 0 Å². The standard InChI is InChI=1S/C20H39NO4S/c1-2-3-4-5-6-7-8-9-10-11-12-13-14-15-16-17-20(22)18-19-26(23,24)25-21/h9-10H,2-8,11-19,21H2,1H3/b10-9-. The third kappa shape index (κ3) is 18.1. The summed E-state index contributed by atoms with van der Waals surface area (Å²) >= 11 is 0. The third-order valence-corrected chi connectivity index (χ3v) is 5.49. The minimum Gasteiger partial charge on any atom is -0.300 e. The van der Waals surface area contributed by atoms with Crippen LogP contribution < -0.4 is 5.90 Å². The normalized spacial score (nSPS) is 12.1. The van der Waals surface area contributed by atoms with E-state index in [0.717, 1.165) is 25.7 Å². The Bertz CT molecular complexity index is 460. The summed E-state index contributed by atoms with van der Waals surface area (Å²) in [5.74, 6) is 4.26. The van der Waals surface area contributed by atoms with Gasteiger partial charge in [0, 0.05) is 12.8 Å². The van der Waals surface area contributed by atoms with Crippen molar-refractivity contribution in [3.63, 3.8) is 0 Å². The Morgan fingerprint density at radius 2 is 1.31 bits per heavy atom. The fourth-order valence-electron chi connectivity index (χ4n) is 2.80. The third-order valence-electron chi connectivity index (χ3n) is 4.49. The van der Waals surface area contributed by atoms with E-state index in [0.29, 0.717) is 6.42 Å². The Hall–Kier alpha value is -0.720. The quantitative estimate of drug-likeness (QED) is 0.186. The first kappa shape index (κ1) is 25.3. The molecule has 0 rings (SSSR count). The highest BCUT2D eigenvalue weighted by Crippen LogP contribution is 2.10. The van der Waals surface area contributed by atoms with E-state index in [4.69, 9.17) is 0 Å². The Morgan fingerprint density at radius 3 is 1.85 bits per heavy atom. The maximum atomic E-state index is 11.6. The van der Waals surface area contributed by atoms with E-state index in [1.54, 1.807) is 0 Å². The molecule has 0 saturated carbocycles. The number of Topliss-reactive ketones (excluding diaryl/α,β-unsaturated/α-hetero) is 1. The molecule has 0 spiro atoms. The monoisotopic (exact) mass is 389 g/mol. The summed E-state index contributed by atoms with van der Waals surface area (Å²) in [6.45, 7) is 2.25. The van der Waals surface area contributed by atoms with Gasteiger partial charge in [0.15, 0.2) is 0 Å². The molecule has 0 unspecified atom stereocenters. The van der Waals surface area contributed by atoms with Crippen LogP contribution in [0.2, 0.25) is 0 Å². The average molecular weight is 390 g/mol. The number of ketones is 1. The number of allylic oxidation sites excluding steroid dienone is 2. The molecule has 0 saturated heterocycles. The van der Waals surface area contributed by atoms with Crippen LogP contribution in [-0.2, 0) is 19.2 Å². The predicted molar refractivity (Wildman–Crippen MR) is 108 cm³/mol. The molecule has 154 valence electrons. The van der Waals surface area contributed by atoms with E-state index < -0.39 is 10.1 Å². The van der Waals surface area contributed by atoms with Crippen molar-refractivity contribution in [2.75, 3.05) is 5.75 Å². The lowest BCUT2D eigenvalue weighted by molar-refractivity contribution is -0.118. The van der Waals surface area contributed by atoms with Crippen molar-refractivity contribution >= 4 is 15.9 Å². The highest BCUT2D eigenvalue weighted by molar-refractivity contribution is 7.86. The highest BCUT2D eigenvalue weighted by Gasteiger charge is 2.12. The molecule has 0 atom stereocenters. The lowest BCUT2D eigenvalue weighted by Gasteiger charge is -2.02. The Labute approximate surface area is 160 Å². The van der Waals surface area contributed by atoms with E-state index in [2.05, 4.69) is 29.3 Å². The maximum absolute atomic E-state index is 11.6. The van der Waals surface area contributed by atoms with Crippen molar-refractivity contribution < 1.29 is 17.5 Å². The van der Waals surface area contributed by atoms with Crippen LogP contribution in [0, 0.1) is 0 Å². The molecule has 2 N–H and O–H groups in total. The summed E-state index contributed by atoms with van der Waals surface area (Å²) in [6, 6.07) is 0. The lowest BCUT2D eigenvalue weighted by Crippen LogP contribution is -2.17. The zero-order valence-electron chi connectivity index (χ0n) is 16.6. The van der Waals surface area contributed by atoms with Crippen LogP contribution in [0.25, 0.3) is 0 Å². The number of hydrogen-bond donors (Lipinski definition) is 1. The van der Waals surface area contributed by atoms with Crippen molar-refractivity contribution in [2.24, 2.45) is 5.90 Å². The summed E-state index contributed by atoms with van der Waals surface area (Å²) in [4.78, 5) is 11.6. The number of carbonyl (C=O) groups excluding carboxylic acids is 1. The van der Waals surface area contributed by atoms with Gasteiger partial charge in [-0.1, -0.05) is 70.4 Å². The van der Waals surface area contributed by atoms with Crippen LogP contribution in [0.15, 0.2) is 12.2 Å². The van der Waals surface area contributed by atoms with Crippen LogP contribution in [0.4, 0.5) is 0 Å². The zero-order chi connectivity index (χ0) is 19.5. The summed E-state index contributed by atoms with van der Waals surface area (Å²) in [6.07, 6.45) is 20.9. The largest absolute Gasteiger partial charge is 0.300 e. The topological polar surface area (TPSA) is 86.5 Å². The van der Waals surface area contributed by atoms with Gasteiger partial charge in [-0.2, -0.15) is 18.6 Å². The molecular formula is C20H39NO4S. The first-order valence-electron chi connectivity index (χ1n) is 10.3. The number of nitrogens with two attached hydrogens (primary N) is 1. The van der Waals surface area contributed by atoms with Gasteiger partial charge in [-0.05, 0) is 32.1 Å². The van der Waals surface area contributed by atoms with Gasteiger partial charge in [-0.15, -0.1) is 0 Å².